The molecule has 0 amide bonds. The number of ketones is 1. The molecule has 2 aromatic carbocycles. The Morgan fingerprint density at radius 3 is 2.38 bits per heavy atom. The number of halogens is 1. The summed E-state index contributed by atoms with van der Waals surface area (Å²) in [5.41, 5.74) is 0.465. The van der Waals surface area contributed by atoms with Crippen molar-refractivity contribution in [2.45, 2.75) is 4.90 Å². The number of hydrogen-bond acceptors (Lipinski definition) is 4. The Kier molecular flexibility index (Phi) is 5.53. The van der Waals surface area contributed by atoms with Crippen molar-refractivity contribution in [3.05, 3.63) is 53.1 Å². The van der Waals surface area contributed by atoms with Crippen LogP contribution in [-0.2, 0) is 0 Å². The van der Waals surface area contributed by atoms with Gasteiger partial charge >= 0.3 is 0 Å². The van der Waals surface area contributed by atoms with Gasteiger partial charge in [0.2, 0.25) is 0 Å². The summed E-state index contributed by atoms with van der Waals surface area (Å²) in [7, 11) is 3.04. The molecule has 2 rings (SSSR count). The molecule has 0 aliphatic carbocycles. The van der Waals surface area contributed by atoms with Crippen LogP contribution < -0.4 is 9.47 Å². The summed E-state index contributed by atoms with van der Waals surface area (Å²) >= 11 is 7.56. The van der Waals surface area contributed by atoms with Gasteiger partial charge in [-0.05, 0) is 18.2 Å². The standard InChI is InChI=1S/C16H15ClO3S/c1-19-15-9-16(20-2)13(17)8-12(15)14(18)10-21-11-6-4-3-5-7-11/h3-9H,10H2,1-2H3. The molecule has 2 aromatic rings. The van der Waals surface area contributed by atoms with Crippen molar-refractivity contribution in [1.82, 2.24) is 0 Å². The van der Waals surface area contributed by atoms with E-state index < -0.39 is 0 Å². The quantitative estimate of drug-likeness (QED) is 0.585. The van der Waals surface area contributed by atoms with Crippen molar-refractivity contribution in [3.8, 4) is 11.5 Å². The number of Topliss-reactive ketones (excluding diaryl/α,β-unsaturated/α-hetero) is 1. The maximum absolute atomic E-state index is 12.3. The number of thioether (sulfide) groups is 1. The van der Waals surface area contributed by atoms with Crippen LogP contribution in [0.15, 0.2) is 47.4 Å². The van der Waals surface area contributed by atoms with Crippen LogP contribution in [0.5, 0.6) is 11.5 Å². The maximum atomic E-state index is 12.3. The molecule has 0 N–H and O–H groups in total. The van der Waals surface area contributed by atoms with Gasteiger partial charge in [-0.25, -0.2) is 0 Å². The zero-order valence-corrected chi connectivity index (χ0v) is 13.3. The molecule has 0 heterocycles. The molecule has 0 saturated carbocycles. The van der Waals surface area contributed by atoms with Crippen LogP contribution in [0, 0.1) is 0 Å². The first-order valence-electron chi connectivity index (χ1n) is 6.28. The van der Waals surface area contributed by atoms with E-state index >= 15 is 0 Å². The predicted octanol–water partition coefficient (Wildman–Crippen LogP) is 4.33. The van der Waals surface area contributed by atoms with Crippen LogP contribution in [0.25, 0.3) is 0 Å². The maximum Gasteiger partial charge on any atom is 0.176 e. The summed E-state index contributed by atoms with van der Waals surface area (Å²) in [5, 5.41) is 0.395. The highest BCUT2D eigenvalue weighted by atomic mass is 35.5. The van der Waals surface area contributed by atoms with Crippen molar-refractivity contribution >= 4 is 29.1 Å². The van der Waals surface area contributed by atoms with Gasteiger partial charge in [0.25, 0.3) is 0 Å². The van der Waals surface area contributed by atoms with Gasteiger partial charge in [0.05, 0.1) is 30.6 Å². The lowest BCUT2D eigenvalue weighted by Gasteiger charge is -2.11. The van der Waals surface area contributed by atoms with Gasteiger partial charge in [0, 0.05) is 11.0 Å². The molecule has 0 aromatic heterocycles. The monoisotopic (exact) mass is 322 g/mol. The SMILES string of the molecule is COc1cc(OC)c(C(=O)CSc2ccccc2)cc1Cl. The lowest BCUT2D eigenvalue weighted by atomic mass is 10.1. The fraction of sp³-hybridized carbons (Fsp3) is 0.188. The van der Waals surface area contributed by atoms with E-state index in [1.807, 2.05) is 30.3 Å². The van der Waals surface area contributed by atoms with Crippen LogP contribution in [0.2, 0.25) is 5.02 Å². The summed E-state index contributed by atoms with van der Waals surface area (Å²) in [6.07, 6.45) is 0. The smallest absolute Gasteiger partial charge is 0.176 e. The molecule has 0 aliphatic heterocycles. The van der Waals surface area contributed by atoms with Crippen LogP contribution in [0.4, 0.5) is 0 Å². The molecule has 0 aliphatic rings. The highest BCUT2D eigenvalue weighted by Gasteiger charge is 2.16. The van der Waals surface area contributed by atoms with Crippen LogP contribution in [0.3, 0.4) is 0 Å². The molecule has 110 valence electrons. The Morgan fingerprint density at radius 1 is 1.10 bits per heavy atom. The third-order valence-electron chi connectivity index (χ3n) is 2.89. The Balaban J connectivity index is 2.17. The van der Waals surface area contributed by atoms with Crippen LogP contribution in [0.1, 0.15) is 10.4 Å². The minimum atomic E-state index is -0.0368. The van der Waals surface area contributed by atoms with Crippen molar-refractivity contribution in [2.75, 3.05) is 20.0 Å². The fourth-order valence-electron chi connectivity index (χ4n) is 1.82. The van der Waals surface area contributed by atoms with Crippen molar-refractivity contribution in [2.24, 2.45) is 0 Å². The van der Waals surface area contributed by atoms with E-state index in [2.05, 4.69) is 0 Å². The second-order valence-corrected chi connectivity index (χ2v) is 5.67. The summed E-state index contributed by atoms with van der Waals surface area (Å²) in [4.78, 5) is 13.4. The Labute approximate surface area is 133 Å². The van der Waals surface area contributed by atoms with Gasteiger partial charge in [-0.1, -0.05) is 29.8 Å². The van der Waals surface area contributed by atoms with E-state index in [1.54, 1.807) is 12.1 Å². The molecule has 0 unspecified atom stereocenters. The second-order valence-electron chi connectivity index (χ2n) is 4.21. The minimum absolute atomic E-state index is 0.0368. The average Bonchev–Trinajstić information content (AvgIpc) is 2.53. The molecule has 0 radical (unpaired) electrons. The van der Waals surface area contributed by atoms with E-state index in [9.17, 15) is 4.79 Å². The average molecular weight is 323 g/mol. The van der Waals surface area contributed by atoms with Gasteiger partial charge in [-0.15, -0.1) is 11.8 Å². The Bertz CT molecular complexity index is 629. The predicted molar refractivity (Wildman–Crippen MR) is 86.1 cm³/mol. The summed E-state index contributed by atoms with van der Waals surface area (Å²) in [6, 6.07) is 13.0. The topological polar surface area (TPSA) is 35.5 Å². The number of hydrogen-bond donors (Lipinski definition) is 0. The lowest BCUT2D eigenvalue weighted by molar-refractivity contribution is 0.101. The summed E-state index contributed by atoms with van der Waals surface area (Å²) in [6.45, 7) is 0. The summed E-state index contributed by atoms with van der Waals surface area (Å²) < 4.78 is 10.4. The van der Waals surface area contributed by atoms with Crippen molar-refractivity contribution in [1.29, 1.82) is 0 Å². The second kappa shape index (κ2) is 7.38. The largest absolute Gasteiger partial charge is 0.496 e. The zero-order valence-electron chi connectivity index (χ0n) is 11.8. The molecule has 3 nitrogen and oxygen atoms in total. The van der Waals surface area contributed by atoms with E-state index in [1.165, 1.54) is 26.0 Å². The summed E-state index contributed by atoms with van der Waals surface area (Å²) in [5.74, 6) is 1.24. The van der Waals surface area contributed by atoms with Gasteiger partial charge in [0.15, 0.2) is 5.78 Å². The molecular weight excluding hydrogens is 308 g/mol. The fourth-order valence-corrected chi connectivity index (χ4v) is 2.86. The number of benzene rings is 2. The number of carbonyl (C=O) groups is 1. The first-order valence-corrected chi connectivity index (χ1v) is 7.64. The van der Waals surface area contributed by atoms with Gasteiger partial charge in [0.1, 0.15) is 11.5 Å². The molecule has 0 saturated heterocycles. The third kappa shape index (κ3) is 3.93. The molecule has 0 fully saturated rings. The van der Waals surface area contributed by atoms with Crippen molar-refractivity contribution < 1.29 is 14.3 Å². The van der Waals surface area contributed by atoms with E-state index in [0.717, 1.165) is 4.90 Å². The number of rotatable bonds is 6. The molecule has 0 atom stereocenters. The lowest BCUT2D eigenvalue weighted by Crippen LogP contribution is -2.05. The Morgan fingerprint density at radius 2 is 1.76 bits per heavy atom. The minimum Gasteiger partial charge on any atom is -0.496 e. The van der Waals surface area contributed by atoms with Crippen molar-refractivity contribution in [3.63, 3.8) is 0 Å². The molecule has 0 bridgehead atoms. The van der Waals surface area contributed by atoms with Crippen LogP contribution >= 0.6 is 23.4 Å². The molecule has 0 spiro atoms. The number of ether oxygens (including phenoxy) is 2. The van der Waals surface area contributed by atoms with E-state index in [0.29, 0.717) is 27.8 Å². The first-order chi connectivity index (χ1) is 10.2. The van der Waals surface area contributed by atoms with E-state index in [4.69, 9.17) is 21.1 Å². The van der Waals surface area contributed by atoms with Crippen LogP contribution in [-0.4, -0.2) is 25.8 Å². The molecule has 21 heavy (non-hydrogen) atoms. The van der Waals surface area contributed by atoms with Gasteiger partial charge in [-0.2, -0.15) is 0 Å². The van der Waals surface area contributed by atoms with Gasteiger partial charge in [-0.3, -0.25) is 4.79 Å². The molecular formula is C16H15ClO3S. The highest BCUT2D eigenvalue weighted by molar-refractivity contribution is 8.00. The van der Waals surface area contributed by atoms with E-state index in [-0.39, 0.29) is 5.78 Å². The number of carbonyl (C=O) groups excluding carboxylic acids is 1. The Hall–Kier alpha value is -1.65. The highest BCUT2D eigenvalue weighted by Crippen LogP contribution is 2.33. The number of methoxy groups -OCH3 is 2. The third-order valence-corrected chi connectivity index (χ3v) is 4.19. The first kappa shape index (κ1) is 15.7. The van der Waals surface area contributed by atoms with Gasteiger partial charge < -0.3 is 9.47 Å². The zero-order chi connectivity index (χ0) is 15.2. The molecule has 5 heteroatoms. The normalized spacial score (nSPS) is 10.2.